The quantitative estimate of drug-likeness (QED) is 0.355. The molecule has 2 aliphatic carbocycles. The summed E-state index contributed by atoms with van der Waals surface area (Å²) in [6.07, 6.45) is 2.55. The Balaban J connectivity index is 2.15. The molecular formula is C30H42O4. The number of hydrogen-bond donors (Lipinski definition) is 4. The maximum Gasteiger partial charge on any atom is 0.161 e. The van der Waals surface area contributed by atoms with Crippen molar-refractivity contribution in [3.05, 3.63) is 46.5 Å². The van der Waals surface area contributed by atoms with Crippen LogP contribution in [0, 0.1) is 23.7 Å². The van der Waals surface area contributed by atoms with Gasteiger partial charge >= 0.3 is 0 Å². The van der Waals surface area contributed by atoms with Gasteiger partial charge in [0, 0.05) is 22.0 Å². The Morgan fingerprint density at radius 3 is 1.68 bits per heavy atom. The highest BCUT2D eigenvalue weighted by atomic mass is 16.3. The lowest BCUT2D eigenvalue weighted by Gasteiger charge is -2.45. The van der Waals surface area contributed by atoms with E-state index in [9.17, 15) is 20.4 Å². The average Bonchev–Trinajstić information content (AvgIpc) is 3.06. The third-order valence-electron chi connectivity index (χ3n) is 8.69. The van der Waals surface area contributed by atoms with Gasteiger partial charge in [0.15, 0.2) is 23.0 Å². The van der Waals surface area contributed by atoms with Gasteiger partial charge in [0.25, 0.3) is 0 Å². The number of phenols is 4. The molecule has 4 nitrogen and oxygen atoms in total. The van der Waals surface area contributed by atoms with Crippen LogP contribution < -0.4 is 0 Å². The van der Waals surface area contributed by atoms with Gasteiger partial charge in [-0.1, -0.05) is 67.5 Å². The molecule has 4 unspecified atom stereocenters. The summed E-state index contributed by atoms with van der Waals surface area (Å²) in [5.41, 5.74) is 2.67. The molecular weight excluding hydrogens is 424 g/mol. The molecule has 0 amide bonds. The molecule has 0 saturated heterocycles. The summed E-state index contributed by atoms with van der Waals surface area (Å²) in [6, 6.07) is 7.24. The predicted molar refractivity (Wildman–Crippen MR) is 137 cm³/mol. The summed E-state index contributed by atoms with van der Waals surface area (Å²) in [5.74, 6) is 1.04. The zero-order valence-electron chi connectivity index (χ0n) is 22.0. The lowest BCUT2D eigenvalue weighted by molar-refractivity contribution is 0.126. The van der Waals surface area contributed by atoms with Crippen LogP contribution in [0.5, 0.6) is 23.0 Å². The number of rotatable bonds is 5. The van der Waals surface area contributed by atoms with E-state index >= 15 is 0 Å². The van der Waals surface area contributed by atoms with Gasteiger partial charge in [-0.25, -0.2) is 0 Å². The van der Waals surface area contributed by atoms with E-state index in [0.29, 0.717) is 11.8 Å². The van der Waals surface area contributed by atoms with Crippen molar-refractivity contribution in [1.82, 2.24) is 0 Å². The van der Waals surface area contributed by atoms with Crippen molar-refractivity contribution < 1.29 is 20.4 Å². The first-order valence-electron chi connectivity index (χ1n) is 12.8. The minimum absolute atomic E-state index is 0.00909. The Labute approximate surface area is 204 Å². The fourth-order valence-corrected chi connectivity index (χ4v) is 8.73. The van der Waals surface area contributed by atoms with E-state index in [4.69, 9.17) is 0 Å². The molecule has 0 aliphatic heterocycles. The largest absolute Gasteiger partial charge is 0.504 e. The molecule has 1 spiro atoms. The molecule has 2 aromatic rings. The van der Waals surface area contributed by atoms with Crippen LogP contribution in [0.4, 0.5) is 0 Å². The SMILES string of the molecule is CC(C)CC1(C)CC2(c3ccc(O)c(O)c31)c1ccc(O)c(O)c1C(C)(CC(C)C)C2C(C)C. The van der Waals surface area contributed by atoms with Crippen molar-refractivity contribution in [3.63, 3.8) is 0 Å². The minimum atomic E-state index is -0.442. The first kappa shape index (κ1) is 24.8. The van der Waals surface area contributed by atoms with E-state index in [1.54, 1.807) is 12.1 Å². The smallest absolute Gasteiger partial charge is 0.161 e. The molecule has 34 heavy (non-hydrogen) atoms. The molecule has 0 bridgehead atoms. The van der Waals surface area contributed by atoms with Gasteiger partial charge in [-0.05, 0) is 71.6 Å². The summed E-state index contributed by atoms with van der Waals surface area (Å²) >= 11 is 0. The van der Waals surface area contributed by atoms with Gasteiger partial charge in [0.1, 0.15) is 0 Å². The van der Waals surface area contributed by atoms with Gasteiger partial charge < -0.3 is 20.4 Å². The van der Waals surface area contributed by atoms with E-state index in [0.717, 1.165) is 41.5 Å². The molecule has 2 aromatic carbocycles. The van der Waals surface area contributed by atoms with Crippen molar-refractivity contribution in [1.29, 1.82) is 0 Å². The van der Waals surface area contributed by atoms with Crippen molar-refractivity contribution in [2.24, 2.45) is 23.7 Å². The highest BCUT2D eigenvalue weighted by molar-refractivity contribution is 5.69. The van der Waals surface area contributed by atoms with E-state index in [2.05, 4.69) is 55.4 Å². The Morgan fingerprint density at radius 1 is 0.735 bits per heavy atom. The average molecular weight is 467 g/mol. The molecule has 0 radical (unpaired) electrons. The Kier molecular flexibility index (Phi) is 5.70. The van der Waals surface area contributed by atoms with Crippen LogP contribution in [0.15, 0.2) is 24.3 Å². The van der Waals surface area contributed by atoms with E-state index in [-0.39, 0.29) is 45.7 Å². The van der Waals surface area contributed by atoms with E-state index in [1.165, 1.54) is 0 Å². The third-order valence-corrected chi connectivity index (χ3v) is 8.69. The zero-order valence-corrected chi connectivity index (χ0v) is 22.0. The number of benzene rings is 2. The molecule has 0 heterocycles. The van der Waals surface area contributed by atoms with Gasteiger partial charge in [0.2, 0.25) is 0 Å². The molecule has 4 heteroatoms. The first-order valence-corrected chi connectivity index (χ1v) is 12.8. The molecule has 4 atom stereocenters. The van der Waals surface area contributed by atoms with Crippen molar-refractivity contribution in [2.75, 3.05) is 0 Å². The molecule has 4 N–H and O–H groups in total. The van der Waals surface area contributed by atoms with Crippen molar-refractivity contribution >= 4 is 0 Å². The summed E-state index contributed by atoms with van der Waals surface area (Å²) in [6.45, 7) is 17.8. The van der Waals surface area contributed by atoms with Crippen LogP contribution in [0.2, 0.25) is 0 Å². The van der Waals surface area contributed by atoms with Gasteiger partial charge in [-0.3, -0.25) is 0 Å². The molecule has 4 rings (SSSR count). The topological polar surface area (TPSA) is 80.9 Å². The molecule has 0 aromatic heterocycles. The fourth-order valence-electron chi connectivity index (χ4n) is 8.73. The van der Waals surface area contributed by atoms with Crippen molar-refractivity contribution in [3.8, 4) is 23.0 Å². The number of fused-ring (bicyclic) bond motifs is 4. The summed E-state index contributed by atoms with van der Waals surface area (Å²) in [7, 11) is 0. The van der Waals surface area contributed by atoms with Gasteiger partial charge in [0.05, 0.1) is 0 Å². The monoisotopic (exact) mass is 466 g/mol. The van der Waals surface area contributed by atoms with Crippen LogP contribution >= 0.6 is 0 Å². The Morgan fingerprint density at radius 2 is 1.21 bits per heavy atom. The standard InChI is InChI=1S/C30H42O4/c1-16(2)13-28(7)15-30(19-9-11-21(31)25(33)23(19)28)20-10-12-22(32)26(34)24(20)29(8,14-17(3)4)27(30)18(5)6/h9-12,16-18,27,31-34H,13-15H2,1-8H3. The lowest BCUT2D eigenvalue weighted by Crippen LogP contribution is -2.44. The van der Waals surface area contributed by atoms with Crippen LogP contribution in [0.3, 0.4) is 0 Å². The highest BCUT2D eigenvalue weighted by Crippen LogP contribution is 2.72. The summed E-state index contributed by atoms with van der Waals surface area (Å²) < 4.78 is 0. The molecule has 0 saturated carbocycles. The van der Waals surface area contributed by atoms with Crippen LogP contribution in [0.25, 0.3) is 0 Å². The number of aromatic hydroxyl groups is 4. The van der Waals surface area contributed by atoms with Gasteiger partial charge in [-0.15, -0.1) is 0 Å². The number of hydrogen-bond acceptors (Lipinski definition) is 4. The molecule has 186 valence electrons. The summed E-state index contributed by atoms with van der Waals surface area (Å²) in [5, 5.41) is 43.6. The Hall–Kier alpha value is -2.36. The molecule has 2 aliphatic rings. The van der Waals surface area contributed by atoms with Crippen LogP contribution in [0.1, 0.15) is 96.9 Å². The predicted octanol–water partition coefficient (Wildman–Crippen LogP) is 7.09. The van der Waals surface area contributed by atoms with E-state index in [1.807, 2.05) is 12.1 Å². The van der Waals surface area contributed by atoms with Gasteiger partial charge in [-0.2, -0.15) is 0 Å². The van der Waals surface area contributed by atoms with E-state index < -0.39 is 5.41 Å². The lowest BCUT2D eigenvalue weighted by atomic mass is 9.57. The summed E-state index contributed by atoms with van der Waals surface area (Å²) in [4.78, 5) is 0. The second-order valence-corrected chi connectivity index (χ2v) is 12.8. The fraction of sp³-hybridized carbons (Fsp3) is 0.600. The van der Waals surface area contributed by atoms with Crippen LogP contribution in [-0.2, 0) is 16.2 Å². The second-order valence-electron chi connectivity index (χ2n) is 12.8. The minimum Gasteiger partial charge on any atom is -0.504 e. The van der Waals surface area contributed by atoms with Crippen molar-refractivity contribution in [2.45, 2.75) is 90.9 Å². The maximum absolute atomic E-state index is 11.3. The Bertz CT molecular complexity index is 1100. The third kappa shape index (κ3) is 3.17. The van der Waals surface area contributed by atoms with Crippen LogP contribution in [-0.4, -0.2) is 20.4 Å². The maximum atomic E-state index is 11.3. The normalized spacial score (nSPS) is 30.0. The first-order chi connectivity index (χ1) is 15.7. The zero-order chi connectivity index (χ0) is 25.4. The molecule has 0 fully saturated rings. The highest BCUT2D eigenvalue weighted by Gasteiger charge is 2.66. The second kappa shape index (κ2) is 7.83. The number of phenolic OH excluding ortho intramolecular Hbond substituents is 4.